The average molecular weight is 277 g/mol. The van der Waals surface area contributed by atoms with Crippen molar-refractivity contribution in [3.8, 4) is 0 Å². The van der Waals surface area contributed by atoms with E-state index in [1.165, 1.54) is 11.3 Å². The zero-order chi connectivity index (χ0) is 12.2. The van der Waals surface area contributed by atoms with Gasteiger partial charge in [0.25, 0.3) is 5.91 Å². The van der Waals surface area contributed by atoms with Crippen LogP contribution in [0, 0.1) is 6.92 Å². The van der Waals surface area contributed by atoms with Crippen LogP contribution in [0.4, 0.5) is 0 Å². The van der Waals surface area contributed by atoms with Gasteiger partial charge in [-0.3, -0.25) is 4.79 Å². The number of nitrogens with one attached hydrogen (secondary N) is 1. The minimum Gasteiger partial charge on any atom is -0.349 e. The zero-order valence-electron chi connectivity index (χ0n) is 10.6. The average Bonchev–Trinajstić information content (AvgIpc) is 2.72. The number of carbonyl (C=O) groups is 1. The molecule has 5 heteroatoms. The molecule has 1 amide bonds. The van der Waals surface area contributed by atoms with Crippen LogP contribution in [0.3, 0.4) is 0 Å². The van der Waals surface area contributed by atoms with Crippen molar-refractivity contribution in [3.05, 3.63) is 21.9 Å². The minimum atomic E-state index is -0.277. The molecule has 0 bridgehead atoms. The molecule has 0 saturated carbocycles. The maximum atomic E-state index is 11.8. The van der Waals surface area contributed by atoms with Gasteiger partial charge >= 0.3 is 0 Å². The molecular weight excluding hydrogens is 256 g/mol. The van der Waals surface area contributed by atoms with Crippen LogP contribution in [-0.4, -0.2) is 18.0 Å². The van der Waals surface area contributed by atoms with Crippen molar-refractivity contribution in [2.24, 2.45) is 5.73 Å². The van der Waals surface area contributed by atoms with Crippen LogP contribution in [0.1, 0.15) is 41.9 Å². The van der Waals surface area contributed by atoms with E-state index in [0.29, 0.717) is 6.54 Å². The number of halogens is 1. The normalized spacial score (nSPS) is 10.8. The van der Waals surface area contributed by atoms with E-state index in [9.17, 15) is 4.79 Å². The molecule has 1 rings (SSSR count). The fourth-order valence-electron chi connectivity index (χ4n) is 1.44. The Morgan fingerprint density at radius 2 is 2.06 bits per heavy atom. The Kier molecular flexibility index (Phi) is 6.75. The van der Waals surface area contributed by atoms with Gasteiger partial charge in [0.1, 0.15) is 0 Å². The quantitative estimate of drug-likeness (QED) is 0.869. The minimum absolute atomic E-state index is 0. The third kappa shape index (κ3) is 4.30. The topological polar surface area (TPSA) is 55.1 Å². The van der Waals surface area contributed by atoms with Crippen molar-refractivity contribution < 1.29 is 4.79 Å². The van der Waals surface area contributed by atoms with E-state index in [1.54, 1.807) is 0 Å². The largest absolute Gasteiger partial charge is 0.349 e. The van der Waals surface area contributed by atoms with Crippen LogP contribution >= 0.6 is 23.7 Å². The molecule has 98 valence electrons. The molecule has 17 heavy (non-hydrogen) atoms. The third-order valence-corrected chi connectivity index (χ3v) is 4.09. The summed E-state index contributed by atoms with van der Waals surface area (Å²) in [7, 11) is 0. The molecule has 1 aromatic rings. The monoisotopic (exact) mass is 276 g/mol. The molecule has 3 N–H and O–H groups in total. The highest BCUT2D eigenvalue weighted by atomic mass is 35.5. The lowest BCUT2D eigenvalue weighted by atomic mass is 9.94. The van der Waals surface area contributed by atoms with E-state index in [4.69, 9.17) is 5.73 Å². The van der Waals surface area contributed by atoms with E-state index < -0.39 is 0 Å². The molecule has 0 aromatic carbocycles. The van der Waals surface area contributed by atoms with E-state index >= 15 is 0 Å². The van der Waals surface area contributed by atoms with Gasteiger partial charge in [0.2, 0.25) is 0 Å². The third-order valence-electron chi connectivity index (χ3n) is 3.08. The summed E-state index contributed by atoms with van der Waals surface area (Å²) in [6.45, 7) is 6.58. The van der Waals surface area contributed by atoms with Crippen LogP contribution in [0.5, 0.6) is 0 Å². The maximum Gasteiger partial charge on any atom is 0.261 e. The highest BCUT2D eigenvalue weighted by Gasteiger charge is 2.21. The van der Waals surface area contributed by atoms with Crippen LogP contribution in [0.15, 0.2) is 11.4 Å². The van der Waals surface area contributed by atoms with Crippen molar-refractivity contribution in [3.63, 3.8) is 0 Å². The summed E-state index contributed by atoms with van der Waals surface area (Å²) in [6, 6.07) is 1.95. The van der Waals surface area contributed by atoms with Crippen molar-refractivity contribution in [1.29, 1.82) is 0 Å². The van der Waals surface area contributed by atoms with Gasteiger partial charge in [0.05, 0.1) is 4.88 Å². The Morgan fingerprint density at radius 3 is 2.47 bits per heavy atom. The van der Waals surface area contributed by atoms with E-state index in [0.717, 1.165) is 23.3 Å². The predicted molar refractivity (Wildman–Crippen MR) is 76.1 cm³/mol. The molecule has 0 saturated heterocycles. The second-order valence-corrected chi connectivity index (χ2v) is 5.10. The Balaban J connectivity index is 0.00000256. The molecule has 0 aliphatic heterocycles. The summed E-state index contributed by atoms with van der Waals surface area (Å²) < 4.78 is 0. The number of amides is 1. The molecule has 0 aliphatic carbocycles. The van der Waals surface area contributed by atoms with Gasteiger partial charge in [-0.15, -0.1) is 23.7 Å². The van der Waals surface area contributed by atoms with E-state index in [1.807, 2.05) is 32.2 Å². The van der Waals surface area contributed by atoms with Crippen molar-refractivity contribution in [2.75, 3.05) is 6.54 Å². The summed E-state index contributed by atoms with van der Waals surface area (Å²) in [5.74, 6) is -0.00998. The lowest BCUT2D eigenvalue weighted by Crippen LogP contribution is -2.49. The number of nitrogens with two attached hydrogens (primary N) is 1. The second-order valence-electron chi connectivity index (χ2n) is 4.18. The fourth-order valence-corrected chi connectivity index (χ4v) is 2.28. The van der Waals surface area contributed by atoms with Gasteiger partial charge < -0.3 is 11.1 Å². The molecular formula is C12H21ClN2OS. The van der Waals surface area contributed by atoms with Gasteiger partial charge in [-0.25, -0.2) is 0 Å². The zero-order valence-corrected chi connectivity index (χ0v) is 12.2. The molecule has 0 spiro atoms. The van der Waals surface area contributed by atoms with Crippen LogP contribution < -0.4 is 11.1 Å². The first-order valence-corrected chi connectivity index (χ1v) is 6.51. The van der Waals surface area contributed by atoms with Crippen molar-refractivity contribution in [2.45, 2.75) is 39.2 Å². The number of aryl methyl sites for hydroxylation is 1. The Hall–Kier alpha value is -0.580. The summed E-state index contributed by atoms with van der Waals surface area (Å²) >= 11 is 1.47. The first-order valence-electron chi connectivity index (χ1n) is 5.63. The Bertz CT molecular complexity index is 361. The van der Waals surface area contributed by atoms with Crippen molar-refractivity contribution >= 4 is 29.7 Å². The van der Waals surface area contributed by atoms with E-state index in [2.05, 4.69) is 5.32 Å². The highest BCUT2D eigenvalue weighted by molar-refractivity contribution is 7.12. The predicted octanol–water partition coefficient (Wildman–Crippen LogP) is 2.73. The van der Waals surface area contributed by atoms with E-state index in [-0.39, 0.29) is 23.9 Å². The van der Waals surface area contributed by atoms with Crippen LogP contribution in [-0.2, 0) is 0 Å². The van der Waals surface area contributed by atoms with Gasteiger partial charge in [0, 0.05) is 12.1 Å². The molecule has 3 nitrogen and oxygen atoms in total. The molecule has 0 fully saturated rings. The highest BCUT2D eigenvalue weighted by Crippen LogP contribution is 2.16. The fraction of sp³-hybridized carbons (Fsp3) is 0.583. The summed E-state index contributed by atoms with van der Waals surface area (Å²) in [4.78, 5) is 12.6. The number of thiophene rings is 1. The molecule has 0 unspecified atom stereocenters. The Labute approximate surface area is 113 Å². The standard InChI is InChI=1S/C12H20N2OS.ClH/c1-4-12(13,5-2)8-14-11(15)10-9(3)6-7-16-10;/h6-7H,4-5,8,13H2,1-3H3,(H,14,15);1H. The number of hydrogen-bond donors (Lipinski definition) is 2. The number of hydrogen-bond acceptors (Lipinski definition) is 3. The van der Waals surface area contributed by atoms with Gasteiger partial charge in [-0.2, -0.15) is 0 Å². The molecule has 0 aliphatic rings. The van der Waals surface area contributed by atoms with Crippen molar-refractivity contribution in [1.82, 2.24) is 5.32 Å². The smallest absolute Gasteiger partial charge is 0.261 e. The summed E-state index contributed by atoms with van der Waals surface area (Å²) in [5.41, 5.74) is 6.87. The van der Waals surface area contributed by atoms with Gasteiger partial charge in [-0.1, -0.05) is 13.8 Å². The Morgan fingerprint density at radius 1 is 1.47 bits per heavy atom. The van der Waals surface area contributed by atoms with Gasteiger partial charge in [-0.05, 0) is 36.8 Å². The molecule has 0 atom stereocenters. The number of rotatable bonds is 5. The van der Waals surface area contributed by atoms with Gasteiger partial charge in [0.15, 0.2) is 0 Å². The lowest BCUT2D eigenvalue weighted by molar-refractivity contribution is 0.0945. The lowest BCUT2D eigenvalue weighted by Gasteiger charge is -2.26. The second kappa shape index (κ2) is 6.99. The summed E-state index contributed by atoms with van der Waals surface area (Å²) in [6.07, 6.45) is 1.74. The maximum absolute atomic E-state index is 11.8. The number of carbonyl (C=O) groups excluding carboxylic acids is 1. The molecule has 1 heterocycles. The molecule has 0 radical (unpaired) electrons. The van der Waals surface area contributed by atoms with Crippen LogP contribution in [0.2, 0.25) is 0 Å². The van der Waals surface area contributed by atoms with Crippen LogP contribution in [0.25, 0.3) is 0 Å². The summed E-state index contributed by atoms with van der Waals surface area (Å²) in [5, 5.41) is 4.84. The first-order chi connectivity index (χ1) is 7.52. The molecule has 1 aromatic heterocycles. The first kappa shape index (κ1) is 16.4. The SMILES string of the molecule is CCC(N)(CC)CNC(=O)c1sccc1C.Cl.